The fourth-order valence-electron chi connectivity index (χ4n) is 2.32. The molecule has 0 N–H and O–H groups in total. The topological polar surface area (TPSA) is 33.5 Å². The van der Waals surface area contributed by atoms with Crippen LogP contribution in [0.2, 0.25) is 0 Å². The lowest BCUT2D eigenvalue weighted by atomic mass is 10.1. The second-order valence-corrected chi connectivity index (χ2v) is 6.71. The van der Waals surface area contributed by atoms with Crippen molar-refractivity contribution in [2.24, 2.45) is 0 Å². The molecule has 3 nitrogen and oxygen atoms in total. The molecule has 1 saturated heterocycles. The first-order chi connectivity index (χ1) is 11.2. The molecule has 116 valence electrons. The second-order valence-electron chi connectivity index (χ2n) is 5.04. The zero-order chi connectivity index (χ0) is 16.2. The van der Waals surface area contributed by atoms with Crippen molar-refractivity contribution in [2.45, 2.75) is 13.0 Å². The minimum absolute atomic E-state index is 0.0551. The summed E-state index contributed by atoms with van der Waals surface area (Å²) >= 11 is 6.71. The van der Waals surface area contributed by atoms with Crippen molar-refractivity contribution in [3.8, 4) is 0 Å². The molecule has 2 heterocycles. The lowest BCUT2D eigenvalue weighted by Crippen LogP contribution is -2.30. The van der Waals surface area contributed by atoms with Crippen molar-refractivity contribution in [2.75, 3.05) is 0 Å². The maximum absolute atomic E-state index is 12.6. The lowest BCUT2D eigenvalue weighted by molar-refractivity contribution is -0.123. The van der Waals surface area contributed by atoms with Crippen LogP contribution >= 0.6 is 24.0 Å². The number of allylic oxidation sites excluding steroid dienone is 2. The van der Waals surface area contributed by atoms with Gasteiger partial charge in [0, 0.05) is 0 Å². The summed E-state index contributed by atoms with van der Waals surface area (Å²) < 4.78 is 5.81. The van der Waals surface area contributed by atoms with Crippen LogP contribution in [0.25, 0.3) is 6.08 Å². The minimum atomic E-state index is -0.0800. The van der Waals surface area contributed by atoms with E-state index in [1.54, 1.807) is 23.3 Å². The molecule has 0 radical (unpaired) electrons. The summed E-state index contributed by atoms with van der Waals surface area (Å²) in [6.07, 6.45) is 7.01. The molecule has 0 saturated carbocycles. The van der Waals surface area contributed by atoms with Gasteiger partial charge in [-0.2, -0.15) is 0 Å². The molecule has 23 heavy (non-hydrogen) atoms. The number of carbonyl (C=O) groups is 1. The number of thiocarbonyl (C=S) groups is 1. The van der Waals surface area contributed by atoms with Gasteiger partial charge in [0.25, 0.3) is 5.91 Å². The summed E-state index contributed by atoms with van der Waals surface area (Å²) in [7, 11) is 0. The van der Waals surface area contributed by atoms with Gasteiger partial charge >= 0.3 is 0 Å². The second kappa shape index (κ2) is 6.98. The zero-order valence-corrected chi connectivity index (χ0v) is 14.1. The standard InChI is InChI=1S/C18H15NO2S2/c1-13(14-7-3-2-4-8-14)19-17(20)16(23-18(19)22)11-5-9-15-10-6-12-21-15/h2-13H,1H3/b9-5+,16-11+. The van der Waals surface area contributed by atoms with E-state index >= 15 is 0 Å². The average Bonchev–Trinajstić information content (AvgIpc) is 3.17. The maximum atomic E-state index is 12.6. The minimum Gasteiger partial charge on any atom is -0.465 e. The summed E-state index contributed by atoms with van der Waals surface area (Å²) in [4.78, 5) is 14.9. The smallest absolute Gasteiger partial charge is 0.266 e. The highest BCUT2D eigenvalue weighted by atomic mass is 32.2. The molecule has 1 amide bonds. The van der Waals surface area contributed by atoms with Crippen LogP contribution in [0, 0.1) is 0 Å². The van der Waals surface area contributed by atoms with E-state index in [2.05, 4.69) is 0 Å². The molecule has 1 aromatic carbocycles. The predicted molar refractivity (Wildman–Crippen MR) is 97.7 cm³/mol. The summed E-state index contributed by atoms with van der Waals surface area (Å²) in [6.45, 7) is 1.99. The van der Waals surface area contributed by atoms with Crippen LogP contribution in [0.3, 0.4) is 0 Å². The Morgan fingerprint density at radius 1 is 1.22 bits per heavy atom. The van der Waals surface area contributed by atoms with Gasteiger partial charge in [-0.25, -0.2) is 0 Å². The molecule has 2 aromatic rings. The highest BCUT2D eigenvalue weighted by Crippen LogP contribution is 2.36. The molecule has 1 aromatic heterocycles. The molecule has 0 spiro atoms. The Hall–Kier alpha value is -2.11. The highest BCUT2D eigenvalue weighted by molar-refractivity contribution is 8.26. The van der Waals surface area contributed by atoms with Crippen LogP contribution in [-0.2, 0) is 4.79 Å². The maximum Gasteiger partial charge on any atom is 0.266 e. The third-order valence-corrected chi connectivity index (χ3v) is 4.89. The van der Waals surface area contributed by atoms with E-state index in [9.17, 15) is 4.79 Å². The van der Waals surface area contributed by atoms with Crippen LogP contribution in [-0.4, -0.2) is 15.1 Å². The van der Waals surface area contributed by atoms with Crippen LogP contribution in [0.5, 0.6) is 0 Å². The Morgan fingerprint density at radius 3 is 2.70 bits per heavy atom. The number of carbonyl (C=O) groups excluding carboxylic acids is 1. The number of hydrogen-bond acceptors (Lipinski definition) is 4. The summed E-state index contributed by atoms with van der Waals surface area (Å²) in [5.74, 6) is 0.690. The van der Waals surface area contributed by atoms with Crippen molar-refractivity contribution in [1.29, 1.82) is 0 Å². The van der Waals surface area contributed by atoms with Crippen molar-refractivity contribution in [3.05, 3.63) is 77.1 Å². The van der Waals surface area contributed by atoms with E-state index in [4.69, 9.17) is 16.6 Å². The number of furan rings is 1. The van der Waals surface area contributed by atoms with Crippen molar-refractivity contribution in [3.63, 3.8) is 0 Å². The fourth-order valence-corrected chi connectivity index (χ4v) is 3.70. The molecule has 0 aliphatic carbocycles. The third-order valence-electron chi connectivity index (χ3n) is 3.54. The number of amides is 1. The molecule has 5 heteroatoms. The Morgan fingerprint density at radius 2 is 2.00 bits per heavy atom. The Bertz CT molecular complexity index is 764. The number of benzene rings is 1. The largest absolute Gasteiger partial charge is 0.465 e. The van der Waals surface area contributed by atoms with E-state index in [1.807, 2.05) is 55.5 Å². The molecule has 1 aliphatic heterocycles. The molecule has 1 atom stereocenters. The predicted octanol–water partition coefficient (Wildman–Crippen LogP) is 4.80. The fraction of sp³-hybridized carbons (Fsp3) is 0.111. The van der Waals surface area contributed by atoms with Crippen LogP contribution < -0.4 is 0 Å². The summed E-state index contributed by atoms with van der Waals surface area (Å²) in [5.41, 5.74) is 1.07. The van der Waals surface area contributed by atoms with Crippen LogP contribution in [0.15, 0.2) is 70.2 Å². The molecule has 0 bridgehead atoms. The first kappa shape index (κ1) is 15.8. The molecule has 3 rings (SSSR count). The monoisotopic (exact) mass is 341 g/mol. The average molecular weight is 341 g/mol. The van der Waals surface area contributed by atoms with E-state index in [0.29, 0.717) is 9.23 Å². The normalized spacial score (nSPS) is 18.3. The zero-order valence-electron chi connectivity index (χ0n) is 12.5. The van der Waals surface area contributed by atoms with Crippen molar-refractivity contribution >= 4 is 40.3 Å². The van der Waals surface area contributed by atoms with E-state index < -0.39 is 0 Å². The highest BCUT2D eigenvalue weighted by Gasteiger charge is 2.35. The van der Waals surface area contributed by atoms with Crippen molar-refractivity contribution in [1.82, 2.24) is 4.90 Å². The van der Waals surface area contributed by atoms with Gasteiger partial charge in [-0.05, 0) is 36.8 Å². The van der Waals surface area contributed by atoms with Gasteiger partial charge in [-0.3, -0.25) is 9.69 Å². The molecular formula is C18H15NO2S2. The van der Waals surface area contributed by atoms with Gasteiger partial charge in [0.15, 0.2) is 0 Å². The summed E-state index contributed by atoms with van der Waals surface area (Å²) in [6, 6.07) is 13.5. The number of thioether (sulfide) groups is 1. The molecule has 1 fully saturated rings. The first-order valence-corrected chi connectivity index (χ1v) is 8.41. The van der Waals surface area contributed by atoms with Crippen LogP contribution in [0.4, 0.5) is 0 Å². The van der Waals surface area contributed by atoms with Crippen molar-refractivity contribution < 1.29 is 9.21 Å². The van der Waals surface area contributed by atoms with E-state index in [0.717, 1.165) is 11.3 Å². The third kappa shape index (κ3) is 3.46. The molecule has 1 unspecified atom stereocenters. The first-order valence-electron chi connectivity index (χ1n) is 7.19. The van der Waals surface area contributed by atoms with Gasteiger partial charge in [0.1, 0.15) is 10.1 Å². The van der Waals surface area contributed by atoms with Gasteiger partial charge in [-0.15, -0.1) is 0 Å². The number of hydrogen-bond donors (Lipinski definition) is 0. The summed E-state index contributed by atoms with van der Waals surface area (Å²) in [5, 5.41) is 0. The SMILES string of the molecule is CC(c1ccccc1)N1C(=O)/C(=C\C=C\c2ccco2)SC1=S. The molecule has 1 aliphatic rings. The van der Waals surface area contributed by atoms with Crippen LogP contribution in [0.1, 0.15) is 24.3 Å². The van der Waals surface area contributed by atoms with Gasteiger partial charge in [0.2, 0.25) is 0 Å². The van der Waals surface area contributed by atoms with Gasteiger partial charge < -0.3 is 4.42 Å². The number of nitrogens with zero attached hydrogens (tertiary/aromatic N) is 1. The van der Waals surface area contributed by atoms with Gasteiger partial charge in [-0.1, -0.05) is 60.4 Å². The van der Waals surface area contributed by atoms with E-state index in [1.165, 1.54) is 11.8 Å². The molecular weight excluding hydrogens is 326 g/mol. The Balaban J connectivity index is 1.77. The Kier molecular flexibility index (Phi) is 4.79. The lowest BCUT2D eigenvalue weighted by Gasteiger charge is -2.23. The quantitative estimate of drug-likeness (QED) is 0.591. The number of rotatable bonds is 4. The van der Waals surface area contributed by atoms with Gasteiger partial charge in [0.05, 0.1) is 17.2 Å². The van der Waals surface area contributed by atoms with E-state index in [-0.39, 0.29) is 11.9 Å². The Labute approximate surface area is 144 Å².